The third kappa shape index (κ3) is 10.7. The van der Waals surface area contributed by atoms with Crippen molar-refractivity contribution >= 4 is 53.3 Å². The van der Waals surface area contributed by atoms with Crippen LogP contribution in [-0.4, -0.2) is 29.2 Å². The molecule has 0 aliphatic heterocycles. The third-order valence-corrected chi connectivity index (χ3v) is 7.94. The van der Waals surface area contributed by atoms with E-state index in [4.69, 9.17) is 19.4 Å². The molecule has 3 aromatic rings. The van der Waals surface area contributed by atoms with Crippen LogP contribution in [0.25, 0.3) is 47.4 Å². The maximum Gasteiger partial charge on any atom is 0.309 e. The molecule has 0 radical (unpaired) electrons. The molecule has 0 aliphatic rings. The molecule has 0 aliphatic carbocycles. The molecule has 5 nitrogen and oxygen atoms in total. The summed E-state index contributed by atoms with van der Waals surface area (Å²) in [4.78, 5) is 22.8. The number of nitrogens with zero attached hydrogens (tertiary/aromatic N) is 2. The van der Waals surface area contributed by atoms with Crippen LogP contribution in [0.1, 0.15) is 100 Å². The fourth-order valence-electron chi connectivity index (χ4n) is 5.47. The fraction of sp³-hybridized carbons (Fsp3) is 0.488. The van der Waals surface area contributed by atoms with Crippen LogP contribution in [0.2, 0.25) is 0 Å². The third-order valence-electron chi connectivity index (χ3n) is 7.94. The summed E-state index contributed by atoms with van der Waals surface area (Å²) >= 11 is 0. The smallest absolute Gasteiger partial charge is 0.309 e. The van der Waals surface area contributed by atoms with Crippen LogP contribution in [0.15, 0.2) is 43.5 Å². The van der Waals surface area contributed by atoms with Crippen molar-refractivity contribution in [3.05, 3.63) is 64.4 Å². The highest BCUT2D eigenvalue weighted by Crippen LogP contribution is 2.36. The van der Waals surface area contributed by atoms with Crippen molar-refractivity contribution < 1.29 is 14.3 Å². The van der Waals surface area contributed by atoms with Crippen LogP contribution in [0.5, 0.6) is 5.75 Å². The summed E-state index contributed by atoms with van der Waals surface area (Å²) in [5, 5.41) is 3.33. The number of esters is 1. The number of unbranched alkanes of at least 4 members (excludes halogenated alkanes) is 5. The molecule has 1 atom stereocenters. The Bertz CT molecular complexity index is 1710. The molecular weight excluding hydrogens is 568 g/mol. The molecule has 5 heteroatoms. The van der Waals surface area contributed by atoms with Gasteiger partial charge in [-0.15, -0.1) is 0 Å². The van der Waals surface area contributed by atoms with Gasteiger partial charge in [0, 0.05) is 10.4 Å². The van der Waals surface area contributed by atoms with Gasteiger partial charge in [0.25, 0.3) is 0 Å². The second-order valence-corrected chi connectivity index (χ2v) is 14.0. The Kier molecular flexibility index (Phi) is 14.9. The summed E-state index contributed by atoms with van der Waals surface area (Å²) in [5.74, 6) is 0.583. The Labute approximate surface area is 277 Å². The van der Waals surface area contributed by atoms with E-state index in [-0.39, 0.29) is 22.7 Å². The predicted molar refractivity (Wildman–Crippen MR) is 198 cm³/mol. The lowest BCUT2D eigenvalue weighted by molar-refractivity contribution is -0.154. The molecule has 1 unspecified atom stereocenters. The number of benzene rings is 2. The standard InChI is InChI=1S/C39H52N2O3.C2H6/c1-11-20-29-27(3)28(4)30(21-12-2)35-34(29)40-32-22-19-23-33(36(32)41-35)43-24-17-15-13-14-16-18-25-44-37(42)31(39(8,9)10)26-38(5,6)7;1-2/h11-12,19-23,31H,1-4,13-18,24-26H2,5-10H3;1-2H3/b29-20+,30-21+;. The monoisotopic (exact) mass is 626 g/mol. The highest BCUT2D eigenvalue weighted by Gasteiger charge is 2.35. The van der Waals surface area contributed by atoms with Crippen LogP contribution < -0.4 is 25.6 Å². The molecule has 1 heterocycles. The van der Waals surface area contributed by atoms with Gasteiger partial charge in [-0.25, -0.2) is 9.97 Å². The van der Waals surface area contributed by atoms with Gasteiger partial charge < -0.3 is 9.47 Å². The lowest BCUT2D eigenvalue weighted by Gasteiger charge is -2.33. The Morgan fingerprint density at radius 1 is 0.783 bits per heavy atom. The minimum atomic E-state index is -0.104. The average Bonchev–Trinajstić information content (AvgIpc) is 3.00. The maximum atomic E-state index is 12.8. The number of hydrogen-bond acceptors (Lipinski definition) is 5. The number of hydrogen-bond donors (Lipinski definition) is 0. The van der Waals surface area contributed by atoms with E-state index >= 15 is 0 Å². The molecule has 250 valence electrons. The second-order valence-electron chi connectivity index (χ2n) is 14.0. The van der Waals surface area contributed by atoms with Crippen LogP contribution >= 0.6 is 0 Å². The van der Waals surface area contributed by atoms with E-state index in [0.29, 0.717) is 13.2 Å². The predicted octanol–water partition coefficient (Wildman–Crippen LogP) is 7.92. The van der Waals surface area contributed by atoms with Crippen molar-refractivity contribution in [1.82, 2.24) is 9.97 Å². The first-order chi connectivity index (χ1) is 21.8. The van der Waals surface area contributed by atoms with Crippen molar-refractivity contribution in [1.29, 1.82) is 0 Å². The quantitative estimate of drug-likeness (QED) is 0.103. The molecule has 0 saturated carbocycles. The van der Waals surface area contributed by atoms with Gasteiger partial charge in [-0.2, -0.15) is 0 Å². The van der Waals surface area contributed by atoms with Gasteiger partial charge in [0.05, 0.1) is 35.7 Å². The molecule has 0 saturated heterocycles. The zero-order chi connectivity index (χ0) is 34.5. The van der Waals surface area contributed by atoms with E-state index in [9.17, 15) is 4.79 Å². The molecule has 0 bridgehead atoms. The topological polar surface area (TPSA) is 61.3 Å². The van der Waals surface area contributed by atoms with E-state index < -0.39 is 0 Å². The number of aromatic nitrogens is 2. The number of carbonyl (C=O) groups is 1. The van der Waals surface area contributed by atoms with E-state index in [1.165, 1.54) is 0 Å². The number of para-hydroxylation sites is 1. The lowest BCUT2D eigenvalue weighted by atomic mass is 9.72. The summed E-state index contributed by atoms with van der Waals surface area (Å²) in [5.41, 5.74) is 2.98. The number of ether oxygens (including phenoxy) is 2. The Morgan fingerprint density at radius 3 is 1.83 bits per heavy atom. The highest BCUT2D eigenvalue weighted by molar-refractivity contribution is 5.91. The molecule has 0 fully saturated rings. The molecule has 3 rings (SSSR count). The summed E-state index contributed by atoms with van der Waals surface area (Å²) < 4.78 is 11.9. The van der Waals surface area contributed by atoms with Crippen LogP contribution in [0.3, 0.4) is 0 Å². The number of carbonyl (C=O) groups excluding carboxylic acids is 1. The number of fused-ring (bicyclic) bond motifs is 2. The molecule has 1 aromatic heterocycles. The fourth-order valence-corrected chi connectivity index (χ4v) is 5.47. The Hall–Kier alpha value is -3.73. The van der Waals surface area contributed by atoms with Gasteiger partial charge in [0.2, 0.25) is 0 Å². The van der Waals surface area contributed by atoms with Gasteiger partial charge in [-0.05, 0) is 52.7 Å². The van der Waals surface area contributed by atoms with E-state index in [0.717, 1.165) is 93.6 Å². The van der Waals surface area contributed by atoms with Gasteiger partial charge >= 0.3 is 5.97 Å². The first kappa shape index (κ1) is 38.5. The Balaban J connectivity index is 0.00000361. The largest absolute Gasteiger partial charge is 0.491 e. The molecular formula is C41H58N2O3. The zero-order valence-electron chi connectivity index (χ0n) is 29.9. The van der Waals surface area contributed by atoms with Crippen LogP contribution in [-0.2, 0) is 9.53 Å². The first-order valence-electron chi connectivity index (χ1n) is 16.9. The summed E-state index contributed by atoms with van der Waals surface area (Å²) in [6.45, 7) is 34.2. The SMILES string of the molecule is C=C/C=c1\c(=C)c(=C)/c(=C\C=C)c2nc3c(OCCCCCCCCOC(=O)C(CC(C)(C)C)C(C)(C)C)cccc3nc12.CC. The van der Waals surface area contributed by atoms with Gasteiger partial charge in [-0.1, -0.05) is 138 Å². The first-order valence-corrected chi connectivity index (χ1v) is 16.9. The molecule has 0 amide bonds. The molecule has 0 spiro atoms. The molecule has 0 N–H and O–H groups in total. The minimum absolute atomic E-state index is 0.0554. The molecule has 2 aromatic carbocycles. The summed E-state index contributed by atoms with van der Waals surface area (Å²) in [6.07, 6.45) is 14.3. The summed E-state index contributed by atoms with van der Waals surface area (Å²) in [6, 6.07) is 5.85. The number of rotatable bonds is 14. The summed E-state index contributed by atoms with van der Waals surface area (Å²) in [7, 11) is 0. The van der Waals surface area contributed by atoms with Crippen molar-refractivity contribution in [2.24, 2.45) is 16.7 Å². The van der Waals surface area contributed by atoms with Crippen LogP contribution in [0.4, 0.5) is 0 Å². The number of allylic oxidation sites excluding steroid dienone is 2. The van der Waals surface area contributed by atoms with Crippen molar-refractivity contribution in [3.63, 3.8) is 0 Å². The van der Waals surface area contributed by atoms with Crippen LogP contribution in [0, 0.1) is 16.7 Å². The van der Waals surface area contributed by atoms with Gasteiger partial charge in [0.15, 0.2) is 0 Å². The second kappa shape index (κ2) is 17.8. The van der Waals surface area contributed by atoms with Gasteiger partial charge in [0.1, 0.15) is 11.3 Å². The normalized spacial score (nSPS) is 13.3. The van der Waals surface area contributed by atoms with Crippen molar-refractivity contribution in [2.45, 2.75) is 100 Å². The maximum absolute atomic E-state index is 12.8. The zero-order valence-corrected chi connectivity index (χ0v) is 29.9. The van der Waals surface area contributed by atoms with Crippen molar-refractivity contribution in [3.8, 4) is 5.75 Å². The van der Waals surface area contributed by atoms with E-state index in [1.54, 1.807) is 12.2 Å². The molecule has 46 heavy (non-hydrogen) atoms. The van der Waals surface area contributed by atoms with Gasteiger partial charge in [-0.3, -0.25) is 4.79 Å². The van der Waals surface area contributed by atoms with Crippen molar-refractivity contribution in [2.75, 3.05) is 13.2 Å². The lowest BCUT2D eigenvalue weighted by Crippen LogP contribution is -2.47. The Morgan fingerprint density at radius 2 is 1.30 bits per heavy atom. The van der Waals surface area contributed by atoms with E-state index in [2.05, 4.69) is 67.9 Å². The average molecular weight is 627 g/mol. The minimum Gasteiger partial charge on any atom is -0.491 e. The highest BCUT2D eigenvalue weighted by atomic mass is 16.5. The van der Waals surface area contributed by atoms with E-state index in [1.807, 2.05) is 44.2 Å².